The van der Waals surface area contributed by atoms with Crippen molar-refractivity contribution in [3.8, 4) is 23.0 Å². The zero-order chi connectivity index (χ0) is 33.5. The van der Waals surface area contributed by atoms with E-state index in [2.05, 4.69) is 5.32 Å². The van der Waals surface area contributed by atoms with Crippen molar-refractivity contribution in [1.82, 2.24) is 10.2 Å². The molecule has 0 fully saturated rings. The summed E-state index contributed by atoms with van der Waals surface area (Å²) in [6, 6.07) is 14.6. The standard InChI is InChI=1S/C32H40ClN3O8S/c1-21(31(38)34-32(2,3)4)35(19-22-10-9-11-23(33)16-22)30(37)20-36(26-17-24(41-5)12-14-27(26)42-6)45(39,40)25-13-15-28(43-7)29(18-25)44-8/h9-18,21H,19-20H2,1-8H3,(H,34,38). The van der Waals surface area contributed by atoms with Crippen LogP contribution in [0.25, 0.3) is 0 Å². The van der Waals surface area contributed by atoms with Crippen LogP contribution in [0.4, 0.5) is 5.69 Å². The van der Waals surface area contributed by atoms with Gasteiger partial charge in [0, 0.05) is 29.2 Å². The Morgan fingerprint density at radius 2 is 1.51 bits per heavy atom. The van der Waals surface area contributed by atoms with E-state index in [4.69, 9.17) is 30.5 Å². The van der Waals surface area contributed by atoms with E-state index in [1.165, 1.54) is 57.6 Å². The molecule has 3 rings (SSSR count). The molecule has 1 atom stereocenters. The van der Waals surface area contributed by atoms with Gasteiger partial charge in [-0.15, -0.1) is 0 Å². The van der Waals surface area contributed by atoms with Crippen LogP contribution in [-0.2, 0) is 26.2 Å². The van der Waals surface area contributed by atoms with Crippen molar-refractivity contribution in [1.29, 1.82) is 0 Å². The van der Waals surface area contributed by atoms with Gasteiger partial charge in [0.25, 0.3) is 10.0 Å². The minimum atomic E-state index is -4.46. The van der Waals surface area contributed by atoms with Crippen LogP contribution in [0.15, 0.2) is 65.6 Å². The molecule has 0 radical (unpaired) electrons. The quantitative estimate of drug-likeness (QED) is 0.274. The highest BCUT2D eigenvalue weighted by molar-refractivity contribution is 7.92. The molecule has 13 heteroatoms. The van der Waals surface area contributed by atoms with Crippen molar-refractivity contribution < 1.29 is 37.0 Å². The third-order valence-corrected chi connectivity index (χ3v) is 8.77. The van der Waals surface area contributed by atoms with Gasteiger partial charge in [-0.2, -0.15) is 0 Å². The molecule has 0 heterocycles. The maximum absolute atomic E-state index is 14.4. The van der Waals surface area contributed by atoms with Crippen molar-refractivity contribution in [2.24, 2.45) is 0 Å². The van der Waals surface area contributed by atoms with Gasteiger partial charge in [0.15, 0.2) is 11.5 Å². The molecular formula is C32H40ClN3O8S. The first kappa shape index (κ1) is 35.3. The molecule has 0 aliphatic carbocycles. The van der Waals surface area contributed by atoms with E-state index in [1.807, 2.05) is 20.8 Å². The molecule has 1 N–H and O–H groups in total. The number of anilines is 1. The summed E-state index contributed by atoms with van der Waals surface area (Å²) in [6.45, 7) is 6.36. The van der Waals surface area contributed by atoms with E-state index in [9.17, 15) is 18.0 Å². The summed E-state index contributed by atoms with van der Waals surface area (Å²) < 4.78 is 51.2. The number of benzene rings is 3. The first-order valence-corrected chi connectivity index (χ1v) is 15.8. The lowest BCUT2D eigenvalue weighted by atomic mass is 10.1. The second-order valence-electron chi connectivity index (χ2n) is 11.1. The number of hydrogen-bond donors (Lipinski definition) is 1. The number of hydrogen-bond acceptors (Lipinski definition) is 8. The summed E-state index contributed by atoms with van der Waals surface area (Å²) in [5, 5.41) is 3.35. The van der Waals surface area contributed by atoms with E-state index in [0.29, 0.717) is 22.1 Å². The fourth-order valence-electron chi connectivity index (χ4n) is 4.50. The van der Waals surface area contributed by atoms with Crippen LogP contribution in [-0.4, -0.2) is 71.7 Å². The maximum atomic E-state index is 14.4. The first-order valence-electron chi connectivity index (χ1n) is 14.0. The summed E-state index contributed by atoms with van der Waals surface area (Å²) in [4.78, 5) is 28.7. The van der Waals surface area contributed by atoms with Crippen molar-refractivity contribution in [3.63, 3.8) is 0 Å². The van der Waals surface area contributed by atoms with Crippen molar-refractivity contribution in [2.45, 2.75) is 50.7 Å². The molecule has 0 spiro atoms. The number of nitrogens with one attached hydrogen (secondary N) is 1. The predicted octanol–water partition coefficient (Wildman–Crippen LogP) is 4.90. The van der Waals surface area contributed by atoms with Crippen LogP contribution in [0.5, 0.6) is 23.0 Å². The van der Waals surface area contributed by atoms with Gasteiger partial charge in [-0.05, 0) is 69.7 Å². The number of sulfonamides is 1. The van der Waals surface area contributed by atoms with E-state index in [0.717, 1.165) is 4.31 Å². The summed E-state index contributed by atoms with van der Waals surface area (Å²) in [7, 11) is 1.19. The Balaban J connectivity index is 2.18. The zero-order valence-electron chi connectivity index (χ0n) is 26.7. The van der Waals surface area contributed by atoms with Gasteiger partial charge in [0.2, 0.25) is 11.8 Å². The third-order valence-electron chi connectivity index (χ3n) is 6.78. The Labute approximate surface area is 270 Å². The monoisotopic (exact) mass is 661 g/mol. The molecule has 2 amide bonds. The number of carbonyl (C=O) groups is 2. The van der Waals surface area contributed by atoms with Crippen molar-refractivity contribution in [3.05, 3.63) is 71.2 Å². The van der Waals surface area contributed by atoms with Crippen LogP contribution < -0.4 is 28.6 Å². The summed E-state index contributed by atoms with van der Waals surface area (Å²) in [6.07, 6.45) is 0. The molecule has 0 aromatic heterocycles. The van der Waals surface area contributed by atoms with Crippen LogP contribution in [0, 0.1) is 0 Å². The van der Waals surface area contributed by atoms with Crippen molar-refractivity contribution in [2.75, 3.05) is 39.3 Å². The van der Waals surface area contributed by atoms with Gasteiger partial charge in [0.05, 0.1) is 39.0 Å². The normalized spacial score (nSPS) is 12.1. The van der Waals surface area contributed by atoms with Gasteiger partial charge in [-0.25, -0.2) is 8.42 Å². The molecule has 1 unspecified atom stereocenters. The van der Waals surface area contributed by atoms with Gasteiger partial charge in [0.1, 0.15) is 24.1 Å². The number of carbonyl (C=O) groups excluding carboxylic acids is 2. The number of methoxy groups -OCH3 is 4. The predicted molar refractivity (Wildman–Crippen MR) is 173 cm³/mol. The largest absolute Gasteiger partial charge is 0.497 e. The van der Waals surface area contributed by atoms with E-state index in [1.54, 1.807) is 43.3 Å². The van der Waals surface area contributed by atoms with E-state index >= 15 is 0 Å². The molecule has 244 valence electrons. The number of halogens is 1. The van der Waals surface area contributed by atoms with Crippen LogP contribution in [0.3, 0.4) is 0 Å². The summed E-state index contributed by atoms with van der Waals surface area (Å²) in [5.74, 6) is -0.0550. The fourth-order valence-corrected chi connectivity index (χ4v) is 6.14. The Kier molecular flexibility index (Phi) is 11.6. The van der Waals surface area contributed by atoms with Crippen LogP contribution in [0.2, 0.25) is 5.02 Å². The summed E-state index contributed by atoms with van der Waals surface area (Å²) >= 11 is 6.22. The van der Waals surface area contributed by atoms with Gasteiger partial charge in [-0.3, -0.25) is 13.9 Å². The first-order chi connectivity index (χ1) is 21.1. The minimum Gasteiger partial charge on any atom is -0.497 e. The lowest BCUT2D eigenvalue weighted by Crippen LogP contribution is -2.54. The van der Waals surface area contributed by atoms with E-state index in [-0.39, 0.29) is 28.6 Å². The van der Waals surface area contributed by atoms with Crippen LogP contribution in [0.1, 0.15) is 33.3 Å². The highest BCUT2D eigenvalue weighted by atomic mass is 35.5. The van der Waals surface area contributed by atoms with Gasteiger partial charge in [-0.1, -0.05) is 23.7 Å². The third kappa shape index (κ3) is 8.73. The second kappa shape index (κ2) is 14.7. The molecule has 0 bridgehead atoms. The maximum Gasteiger partial charge on any atom is 0.265 e. The lowest BCUT2D eigenvalue weighted by molar-refractivity contribution is -0.140. The molecular weight excluding hydrogens is 622 g/mol. The number of rotatable bonds is 13. The molecule has 0 saturated heterocycles. The minimum absolute atomic E-state index is 0.0163. The molecule has 3 aromatic rings. The average Bonchev–Trinajstić information content (AvgIpc) is 3.00. The van der Waals surface area contributed by atoms with Crippen LogP contribution >= 0.6 is 11.6 Å². The number of nitrogens with zero attached hydrogens (tertiary/aromatic N) is 2. The fraction of sp³-hybridized carbons (Fsp3) is 0.375. The topological polar surface area (TPSA) is 124 Å². The smallest absolute Gasteiger partial charge is 0.265 e. The molecule has 0 aliphatic heterocycles. The molecule has 0 aliphatic rings. The Morgan fingerprint density at radius 3 is 2.09 bits per heavy atom. The summed E-state index contributed by atoms with van der Waals surface area (Å²) in [5.41, 5.74) is 0.126. The molecule has 11 nitrogen and oxygen atoms in total. The van der Waals surface area contributed by atoms with Crippen molar-refractivity contribution >= 4 is 39.1 Å². The zero-order valence-corrected chi connectivity index (χ0v) is 28.3. The number of amides is 2. The SMILES string of the molecule is COc1ccc(OC)c(N(CC(=O)N(Cc2cccc(Cl)c2)C(C)C(=O)NC(C)(C)C)S(=O)(=O)c2ccc(OC)c(OC)c2)c1. The average molecular weight is 662 g/mol. The lowest BCUT2D eigenvalue weighted by Gasteiger charge is -2.34. The Hall–Kier alpha value is -4.16. The van der Waals surface area contributed by atoms with E-state index < -0.39 is 40.0 Å². The Bertz CT molecular complexity index is 1620. The Morgan fingerprint density at radius 1 is 0.867 bits per heavy atom. The molecule has 45 heavy (non-hydrogen) atoms. The highest BCUT2D eigenvalue weighted by Gasteiger charge is 2.35. The highest BCUT2D eigenvalue weighted by Crippen LogP contribution is 2.38. The van der Waals surface area contributed by atoms with Gasteiger partial charge < -0.3 is 29.2 Å². The second-order valence-corrected chi connectivity index (χ2v) is 13.4. The molecule has 3 aromatic carbocycles. The number of ether oxygens (including phenoxy) is 4. The van der Waals surface area contributed by atoms with Gasteiger partial charge >= 0.3 is 0 Å². The molecule has 0 saturated carbocycles.